The van der Waals surface area contributed by atoms with Gasteiger partial charge in [-0.05, 0) is 36.8 Å². The Bertz CT molecular complexity index is 1420. The second kappa shape index (κ2) is 13.3. The second-order valence-corrected chi connectivity index (χ2v) is 10.8. The topological polar surface area (TPSA) is 144 Å². The maximum atomic E-state index is 13.6. The van der Waals surface area contributed by atoms with Crippen LogP contribution in [-0.2, 0) is 15.7 Å². The van der Waals surface area contributed by atoms with Crippen LogP contribution in [0.2, 0.25) is 0 Å². The van der Waals surface area contributed by atoms with Crippen molar-refractivity contribution in [3.8, 4) is 6.07 Å². The molecule has 1 aromatic rings. The largest absolute Gasteiger partial charge is 0.466 e. The summed E-state index contributed by atoms with van der Waals surface area (Å²) in [5.74, 6) is -1.44. The van der Waals surface area contributed by atoms with Crippen molar-refractivity contribution in [1.29, 1.82) is 10.7 Å². The zero-order valence-corrected chi connectivity index (χ0v) is 24.3. The first-order valence-electron chi connectivity index (χ1n) is 13.6. The molecular formula is C30H36F3N6O4+. The molecule has 43 heavy (non-hydrogen) atoms. The summed E-state index contributed by atoms with van der Waals surface area (Å²) in [6, 6.07) is 3.76. The van der Waals surface area contributed by atoms with Gasteiger partial charge in [0.1, 0.15) is 0 Å². The van der Waals surface area contributed by atoms with E-state index in [9.17, 15) is 33.1 Å². The molecule has 0 radical (unpaired) electrons. The lowest BCUT2D eigenvalue weighted by molar-refractivity contribution is -0.914. The summed E-state index contributed by atoms with van der Waals surface area (Å²) in [5, 5.41) is 28.4. The molecule has 13 heteroatoms. The first-order chi connectivity index (χ1) is 20.2. The van der Waals surface area contributed by atoms with Crippen LogP contribution < -0.4 is 10.6 Å². The van der Waals surface area contributed by atoms with Crippen LogP contribution >= 0.6 is 0 Å². The Morgan fingerprint density at radius 1 is 1.30 bits per heavy atom. The van der Waals surface area contributed by atoms with Gasteiger partial charge in [0.25, 0.3) is 0 Å². The molecule has 0 saturated carbocycles. The number of allylic oxidation sites excluding steroid dienone is 5. The highest BCUT2D eigenvalue weighted by molar-refractivity contribution is 6.10. The normalized spacial score (nSPS) is 23.6. The number of nitrogens with one attached hydrogen (secondary N) is 1. The Morgan fingerprint density at radius 3 is 2.49 bits per heavy atom. The molecule has 3 rings (SSSR count). The average molecular weight is 602 g/mol. The molecular weight excluding hydrogens is 565 g/mol. The van der Waals surface area contributed by atoms with E-state index in [4.69, 9.17) is 15.9 Å². The zero-order valence-electron chi connectivity index (χ0n) is 24.3. The second-order valence-electron chi connectivity index (χ2n) is 10.8. The predicted molar refractivity (Wildman–Crippen MR) is 154 cm³/mol. The average Bonchev–Trinajstić information content (AvgIpc) is 2.95. The van der Waals surface area contributed by atoms with Gasteiger partial charge in [0.2, 0.25) is 5.96 Å². The third-order valence-corrected chi connectivity index (χ3v) is 7.89. The fourth-order valence-corrected chi connectivity index (χ4v) is 5.38. The quantitative estimate of drug-likeness (QED) is 0.176. The van der Waals surface area contributed by atoms with Crippen molar-refractivity contribution < 1.29 is 37.1 Å². The minimum absolute atomic E-state index is 0.0688. The van der Waals surface area contributed by atoms with Crippen LogP contribution in [0.4, 0.5) is 23.7 Å². The van der Waals surface area contributed by atoms with Gasteiger partial charge in [0.15, 0.2) is 0 Å². The first kappa shape index (κ1) is 33.1. The van der Waals surface area contributed by atoms with E-state index in [2.05, 4.69) is 6.58 Å². The van der Waals surface area contributed by atoms with Gasteiger partial charge in [-0.1, -0.05) is 24.8 Å². The Kier molecular flexibility index (Phi) is 10.2. The number of hydrogen-bond donors (Lipinski definition) is 3. The number of esters is 1. The molecule has 1 fully saturated rings. The molecule has 2 aliphatic heterocycles. The summed E-state index contributed by atoms with van der Waals surface area (Å²) in [4.78, 5) is 28.2. The van der Waals surface area contributed by atoms with Gasteiger partial charge in [-0.2, -0.15) is 18.4 Å². The molecule has 10 nitrogen and oxygen atoms in total. The number of nitrogens with zero attached hydrogens (tertiary/aromatic N) is 4. The number of amides is 2. The minimum Gasteiger partial charge on any atom is -0.466 e. The standard InChI is InChI=1S/C30H35F3N6O4/c1-5-20(18-34)9-10-21(11-14-39(3)15-12-24(40)13-16-39)26-25(27(41)43-4)19(2)37(28(35)38(26)29(36)42)23-8-6-7-22(17-23)30(31,32)33/h5-10,17,24,26,35,40H,1,11-16H2,2-4H3,(H-,36,42)/p+1/b20-9+,21-10+,35-28?/t24?,26-,39?/m1/s1. The van der Waals surface area contributed by atoms with E-state index in [-0.39, 0.29) is 29.0 Å². The smallest absolute Gasteiger partial charge is 0.416 e. The lowest BCUT2D eigenvalue weighted by Gasteiger charge is -2.44. The van der Waals surface area contributed by atoms with Crippen LogP contribution in [-0.4, -0.2) is 78.4 Å². The van der Waals surface area contributed by atoms with Gasteiger partial charge in [-0.15, -0.1) is 0 Å². The van der Waals surface area contributed by atoms with Crippen molar-refractivity contribution in [2.45, 2.75) is 44.5 Å². The van der Waals surface area contributed by atoms with Crippen LogP contribution in [0.1, 0.15) is 31.7 Å². The number of rotatable bonds is 8. The summed E-state index contributed by atoms with van der Waals surface area (Å²) in [7, 11) is 3.15. The van der Waals surface area contributed by atoms with E-state index in [1.165, 1.54) is 25.1 Å². The molecule has 2 heterocycles. The third-order valence-electron chi connectivity index (χ3n) is 7.89. The van der Waals surface area contributed by atoms with Gasteiger partial charge in [-0.3, -0.25) is 15.2 Å². The minimum atomic E-state index is -4.68. The lowest BCUT2D eigenvalue weighted by atomic mass is 9.89. The van der Waals surface area contributed by atoms with E-state index in [0.717, 1.165) is 35.1 Å². The molecule has 0 aliphatic carbocycles. The number of aliphatic hydroxyl groups excluding tert-OH is 1. The molecule has 2 amide bonds. The molecule has 4 N–H and O–H groups in total. The van der Waals surface area contributed by atoms with E-state index in [0.29, 0.717) is 42.5 Å². The summed E-state index contributed by atoms with van der Waals surface area (Å²) in [6.45, 7) is 6.95. The molecule has 0 bridgehead atoms. The molecule has 2 aliphatic rings. The Morgan fingerprint density at radius 2 is 1.95 bits per heavy atom. The highest BCUT2D eigenvalue weighted by Gasteiger charge is 2.45. The van der Waals surface area contributed by atoms with Gasteiger partial charge < -0.3 is 20.1 Å². The SMILES string of the molecule is C=C/C(C#N)=C\C=C(/CC[N+]1(C)CCC(O)CC1)[C@@H]1C(C(=O)OC)=C(C)N(c2cccc(C(F)(F)F)c2)C(=N)N1C(N)=O. The zero-order chi connectivity index (χ0) is 32.1. The number of likely N-dealkylation sites (tertiary alicyclic amines) is 1. The van der Waals surface area contributed by atoms with Gasteiger partial charge >= 0.3 is 18.2 Å². The number of ether oxygens (including phenoxy) is 1. The molecule has 0 unspecified atom stereocenters. The maximum absolute atomic E-state index is 13.6. The molecule has 230 valence electrons. The number of urea groups is 1. The Labute approximate surface area is 248 Å². The number of nitrogens with two attached hydrogens (primary N) is 1. The molecule has 1 atom stereocenters. The maximum Gasteiger partial charge on any atom is 0.416 e. The van der Waals surface area contributed by atoms with Crippen LogP contribution in [0, 0.1) is 16.7 Å². The van der Waals surface area contributed by atoms with E-state index in [1.807, 2.05) is 13.1 Å². The van der Waals surface area contributed by atoms with E-state index >= 15 is 0 Å². The van der Waals surface area contributed by atoms with Crippen molar-refractivity contribution in [1.82, 2.24) is 4.90 Å². The van der Waals surface area contributed by atoms with Gasteiger partial charge in [0, 0.05) is 30.6 Å². The molecule has 0 aromatic heterocycles. The molecule has 1 saturated heterocycles. The van der Waals surface area contributed by atoms with E-state index in [1.54, 1.807) is 6.08 Å². The number of hydrogen-bond acceptors (Lipinski definition) is 6. The summed E-state index contributed by atoms with van der Waals surface area (Å²) in [5.41, 5.74) is 5.28. The number of methoxy groups -OCH3 is 1. The predicted octanol–water partition coefficient (Wildman–Crippen LogP) is 4.21. The number of carbonyl (C=O) groups excluding carboxylic acids is 2. The summed E-state index contributed by atoms with van der Waals surface area (Å²) < 4.78 is 46.3. The number of benzene rings is 1. The molecule has 1 aromatic carbocycles. The van der Waals surface area contributed by atoms with Crippen molar-refractivity contribution in [3.63, 3.8) is 0 Å². The first-order valence-corrected chi connectivity index (χ1v) is 13.6. The van der Waals surface area contributed by atoms with E-state index < -0.39 is 41.8 Å². The number of nitriles is 1. The highest BCUT2D eigenvalue weighted by atomic mass is 19.4. The summed E-state index contributed by atoms with van der Waals surface area (Å²) in [6.07, 6.45) is 0.770. The number of halogens is 3. The number of guanidine groups is 1. The van der Waals surface area contributed by atoms with Crippen molar-refractivity contribution in [2.24, 2.45) is 5.73 Å². The Balaban J connectivity index is 2.25. The van der Waals surface area contributed by atoms with Crippen molar-refractivity contribution >= 4 is 23.6 Å². The number of anilines is 1. The van der Waals surface area contributed by atoms with Crippen LogP contribution in [0.15, 0.2) is 71.5 Å². The monoisotopic (exact) mass is 601 g/mol. The van der Waals surface area contributed by atoms with Gasteiger partial charge in [-0.25, -0.2) is 9.59 Å². The Hall–Kier alpha value is -4.41. The summed E-state index contributed by atoms with van der Waals surface area (Å²) >= 11 is 0. The van der Waals surface area contributed by atoms with Crippen LogP contribution in [0.25, 0.3) is 0 Å². The number of carbonyl (C=O) groups is 2. The van der Waals surface area contributed by atoms with Crippen LogP contribution in [0.3, 0.4) is 0 Å². The van der Waals surface area contributed by atoms with Crippen molar-refractivity contribution in [2.75, 3.05) is 38.7 Å². The number of piperidine rings is 1. The number of alkyl halides is 3. The third kappa shape index (κ3) is 7.33. The highest BCUT2D eigenvalue weighted by Crippen LogP contribution is 2.38. The number of quaternary nitrogens is 1. The fourth-order valence-electron chi connectivity index (χ4n) is 5.38. The molecule has 0 spiro atoms. The van der Waals surface area contributed by atoms with Crippen LogP contribution in [0.5, 0.6) is 0 Å². The van der Waals surface area contributed by atoms with Crippen molar-refractivity contribution in [3.05, 3.63) is 77.1 Å². The fraction of sp³-hybridized carbons (Fsp3) is 0.400. The number of aliphatic hydroxyl groups is 1. The number of primary amides is 1. The van der Waals surface area contributed by atoms with Gasteiger partial charge in [0.05, 0.1) is 68.7 Å². The lowest BCUT2D eigenvalue weighted by Crippen LogP contribution is -2.60.